The number of benzene rings is 1. The number of hydrogen-bond donors (Lipinski definition) is 2. The zero-order valence-electron chi connectivity index (χ0n) is 6.47. The van der Waals surface area contributed by atoms with Crippen LogP contribution in [0, 0.1) is 0 Å². The molecule has 0 aliphatic rings. The second-order valence-corrected chi connectivity index (χ2v) is 2.50. The van der Waals surface area contributed by atoms with Crippen LogP contribution in [0.3, 0.4) is 0 Å². The van der Waals surface area contributed by atoms with Crippen LogP contribution in [0.2, 0.25) is 0 Å². The van der Waals surface area contributed by atoms with Gasteiger partial charge in [0, 0.05) is 0 Å². The number of rotatable bonds is 3. The molecule has 1 radical (unpaired) electrons. The zero-order chi connectivity index (χ0) is 8.97. The maximum Gasteiger partial charge on any atom is 0.219 e. The molecule has 0 bridgehead atoms. The molecule has 0 amide bonds. The zero-order valence-corrected chi connectivity index (χ0v) is 6.47. The van der Waals surface area contributed by atoms with Gasteiger partial charge in [-0.3, -0.25) is 4.79 Å². The molecule has 63 valence electrons. The lowest BCUT2D eigenvalue weighted by atomic mass is 10.0. The second-order valence-electron chi connectivity index (χ2n) is 2.50. The van der Waals surface area contributed by atoms with Crippen molar-refractivity contribution in [1.29, 1.82) is 0 Å². The largest absolute Gasteiger partial charge is 0.386 e. The van der Waals surface area contributed by atoms with Gasteiger partial charge in [0.05, 0.1) is 0 Å². The first-order valence-corrected chi connectivity index (χ1v) is 3.62. The van der Waals surface area contributed by atoms with E-state index in [-0.39, 0.29) is 0 Å². The normalized spacial score (nSPS) is 15.2. The van der Waals surface area contributed by atoms with Crippen LogP contribution >= 0.6 is 0 Å². The lowest BCUT2D eigenvalue weighted by molar-refractivity contribution is 0.168. The number of hydrogen-bond acceptors (Lipinski definition) is 3. The van der Waals surface area contributed by atoms with Crippen molar-refractivity contribution in [3.05, 3.63) is 35.9 Å². The fourth-order valence-corrected chi connectivity index (χ4v) is 0.922. The van der Waals surface area contributed by atoms with Crippen molar-refractivity contribution < 1.29 is 9.90 Å². The molecule has 1 unspecified atom stereocenters. The van der Waals surface area contributed by atoms with Crippen LogP contribution in [0.25, 0.3) is 0 Å². The first-order chi connectivity index (χ1) is 5.75. The summed E-state index contributed by atoms with van der Waals surface area (Å²) in [5.41, 5.74) is 5.91. The van der Waals surface area contributed by atoms with E-state index in [0.717, 1.165) is 0 Å². The third kappa shape index (κ3) is 1.90. The van der Waals surface area contributed by atoms with E-state index in [4.69, 9.17) is 5.73 Å². The number of aliphatic hydroxyl groups excluding tert-OH is 1. The van der Waals surface area contributed by atoms with E-state index in [1.807, 2.05) is 6.07 Å². The molecule has 0 heterocycles. The van der Waals surface area contributed by atoms with Crippen molar-refractivity contribution in [3.63, 3.8) is 0 Å². The highest BCUT2D eigenvalue weighted by molar-refractivity contribution is 5.59. The summed E-state index contributed by atoms with van der Waals surface area (Å²) in [6.45, 7) is 0. The molecule has 1 rings (SSSR count). The molecular weight excluding hydrogens is 154 g/mol. The molecule has 3 heteroatoms. The molecule has 0 aromatic heterocycles. The quantitative estimate of drug-likeness (QED) is 0.668. The van der Waals surface area contributed by atoms with E-state index in [1.54, 1.807) is 30.6 Å². The van der Waals surface area contributed by atoms with E-state index in [2.05, 4.69) is 0 Å². The van der Waals surface area contributed by atoms with E-state index in [0.29, 0.717) is 5.56 Å². The fourth-order valence-electron chi connectivity index (χ4n) is 0.922. The Labute approximate surface area is 70.8 Å². The van der Waals surface area contributed by atoms with Crippen molar-refractivity contribution in [1.82, 2.24) is 0 Å². The molecule has 2 atom stereocenters. The maximum absolute atomic E-state index is 10.1. The monoisotopic (exact) mass is 164 g/mol. The Morgan fingerprint density at radius 1 is 1.33 bits per heavy atom. The van der Waals surface area contributed by atoms with Crippen LogP contribution in [-0.2, 0) is 4.79 Å². The Hall–Kier alpha value is -1.19. The summed E-state index contributed by atoms with van der Waals surface area (Å²) < 4.78 is 0. The summed E-state index contributed by atoms with van der Waals surface area (Å²) in [7, 11) is 0. The minimum absolute atomic E-state index is 0.633. The van der Waals surface area contributed by atoms with Crippen LogP contribution in [-0.4, -0.2) is 17.4 Å². The highest BCUT2D eigenvalue weighted by Crippen LogP contribution is 2.13. The molecular formula is C9H10NO2. The molecule has 1 aromatic rings. The third-order valence-electron chi connectivity index (χ3n) is 1.62. The van der Waals surface area contributed by atoms with Crippen LogP contribution in [0.4, 0.5) is 0 Å². The predicted octanol–water partition coefficient (Wildman–Crippen LogP) is 0.157. The Bertz CT molecular complexity index is 248. The number of nitrogens with two attached hydrogens (primary N) is 1. The van der Waals surface area contributed by atoms with Gasteiger partial charge in [0.15, 0.2) is 0 Å². The Morgan fingerprint density at radius 3 is 2.42 bits per heavy atom. The molecule has 3 nitrogen and oxygen atoms in total. The Morgan fingerprint density at radius 2 is 1.92 bits per heavy atom. The molecule has 0 spiro atoms. The van der Waals surface area contributed by atoms with Crippen molar-refractivity contribution in [2.75, 3.05) is 0 Å². The van der Waals surface area contributed by atoms with Gasteiger partial charge in [-0.05, 0) is 5.56 Å². The van der Waals surface area contributed by atoms with Gasteiger partial charge in [-0.15, -0.1) is 0 Å². The molecule has 0 saturated heterocycles. The molecule has 0 fully saturated rings. The average Bonchev–Trinajstić information content (AvgIpc) is 2.17. The number of carbonyl (C=O) groups excluding carboxylic acids is 1. The van der Waals surface area contributed by atoms with Gasteiger partial charge in [0.25, 0.3) is 0 Å². The van der Waals surface area contributed by atoms with Crippen LogP contribution in [0.15, 0.2) is 30.3 Å². The second kappa shape index (κ2) is 3.99. The smallest absolute Gasteiger partial charge is 0.219 e. The van der Waals surface area contributed by atoms with Crippen LogP contribution < -0.4 is 5.73 Å². The summed E-state index contributed by atoms with van der Waals surface area (Å²) in [6.07, 6.45) is 0.586. The molecule has 0 aliphatic heterocycles. The number of aliphatic hydroxyl groups is 1. The van der Waals surface area contributed by atoms with Gasteiger partial charge in [0.2, 0.25) is 6.29 Å². The minimum Gasteiger partial charge on any atom is -0.386 e. The average molecular weight is 164 g/mol. The van der Waals surface area contributed by atoms with Crippen molar-refractivity contribution in [3.8, 4) is 0 Å². The van der Waals surface area contributed by atoms with Gasteiger partial charge >= 0.3 is 0 Å². The lowest BCUT2D eigenvalue weighted by Crippen LogP contribution is -2.29. The summed E-state index contributed by atoms with van der Waals surface area (Å²) in [5.74, 6) is 0. The summed E-state index contributed by atoms with van der Waals surface area (Å²) in [4.78, 5) is 10.1. The van der Waals surface area contributed by atoms with Gasteiger partial charge < -0.3 is 10.8 Å². The van der Waals surface area contributed by atoms with Crippen molar-refractivity contribution >= 4 is 6.29 Å². The van der Waals surface area contributed by atoms with Crippen molar-refractivity contribution in [2.24, 2.45) is 5.73 Å². The summed E-state index contributed by atoms with van der Waals surface area (Å²) >= 11 is 0. The highest BCUT2D eigenvalue weighted by atomic mass is 16.3. The SMILES string of the molecule is N[C@H]([C]=O)C(O)c1ccccc1. The molecule has 0 aliphatic carbocycles. The first-order valence-electron chi connectivity index (χ1n) is 3.62. The Balaban J connectivity index is 2.78. The van der Waals surface area contributed by atoms with Gasteiger partial charge in [-0.1, -0.05) is 30.3 Å². The molecule has 0 saturated carbocycles. The third-order valence-corrected chi connectivity index (χ3v) is 1.62. The van der Waals surface area contributed by atoms with E-state index in [1.165, 1.54) is 0 Å². The van der Waals surface area contributed by atoms with E-state index in [9.17, 15) is 9.90 Å². The van der Waals surface area contributed by atoms with E-state index >= 15 is 0 Å². The highest BCUT2D eigenvalue weighted by Gasteiger charge is 2.15. The van der Waals surface area contributed by atoms with Crippen LogP contribution in [0.1, 0.15) is 11.7 Å². The van der Waals surface area contributed by atoms with Crippen LogP contribution in [0.5, 0.6) is 0 Å². The maximum atomic E-state index is 10.1. The topological polar surface area (TPSA) is 63.3 Å². The molecule has 3 N–H and O–H groups in total. The summed E-state index contributed by atoms with van der Waals surface area (Å²) in [6, 6.07) is 7.83. The minimum atomic E-state index is -0.965. The van der Waals surface area contributed by atoms with E-state index < -0.39 is 12.1 Å². The summed E-state index contributed by atoms with van der Waals surface area (Å²) in [5, 5.41) is 9.40. The molecule has 1 aromatic carbocycles. The predicted molar refractivity (Wildman–Crippen MR) is 45.1 cm³/mol. The molecule has 12 heavy (non-hydrogen) atoms. The lowest BCUT2D eigenvalue weighted by Gasteiger charge is -2.12. The van der Waals surface area contributed by atoms with Gasteiger partial charge in [-0.2, -0.15) is 0 Å². The fraction of sp³-hybridized carbons (Fsp3) is 0.222. The first kappa shape index (κ1) is 8.90. The van der Waals surface area contributed by atoms with Gasteiger partial charge in [-0.25, -0.2) is 0 Å². The Kier molecular flexibility index (Phi) is 2.96. The standard InChI is InChI=1S/C9H10NO2/c10-8(6-11)9(12)7-4-2-1-3-5-7/h1-5,8-9,12H,10H2/t8-,9?/m1/s1. The van der Waals surface area contributed by atoms with Gasteiger partial charge in [0.1, 0.15) is 12.1 Å². The van der Waals surface area contributed by atoms with Crippen molar-refractivity contribution in [2.45, 2.75) is 12.1 Å².